The highest BCUT2D eigenvalue weighted by Crippen LogP contribution is 2.39. The lowest BCUT2D eigenvalue weighted by atomic mass is 9.71. The predicted octanol–water partition coefficient (Wildman–Crippen LogP) is 3.23. The fourth-order valence-electron chi connectivity index (χ4n) is 3.73. The Morgan fingerprint density at radius 1 is 1.18 bits per heavy atom. The summed E-state index contributed by atoms with van der Waals surface area (Å²) in [5.41, 5.74) is 0. The third-order valence-corrected chi connectivity index (χ3v) is 5.22. The molecule has 0 amide bonds. The molecule has 0 radical (unpaired) electrons. The van der Waals surface area contributed by atoms with Crippen molar-refractivity contribution < 1.29 is 9.84 Å². The molecule has 0 aromatic heterocycles. The minimum absolute atomic E-state index is 0.127. The van der Waals surface area contributed by atoms with Gasteiger partial charge >= 0.3 is 0 Å². The zero-order valence-corrected chi connectivity index (χ0v) is 11.6. The minimum atomic E-state index is -0.127. The fraction of sp³-hybridized carbons (Fsp3) is 1.00. The third-order valence-electron chi connectivity index (χ3n) is 5.22. The summed E-state index contributed by atoms with van der Waals surface area (Å²) in [6, 6.07) is 0. The van der Waals surface area contributed by atoms with E-state index in [-0.39, 0.29) is 6.10 Å². The average molecular weight is 240 g/mol. The first-order valence-electron chi connectivity index (χ1n) is 7.43. The molecule has 100 valence electrons. The van der Waals surface area contributed by atoms with E-state index in [2.05, 4.69) is 20.8 Å². The van der Waals surface area contributed by atoms with Gasteiger partial charge in [-0.3, -0.25) is 0 Å². The van der Waals surface area contributed by atoms with Crippen LogP contribution in [-0.4, -0.2) is 23.9 Å². The van der Waals surface area contributed by atoms with Crippen LogP contribution in [0.1, 0.15) is 52.9 Å². The van der Waals surface area contributed by atoms with Crippen molar-refractivity contribution >= 4 is 0 Å². The van der Waals surface area contributed by atoms with Gasteiger partial charge in [-0.15, -0.1) is 0 Å². The molecule has 2 rings (SSSR count). The molecule has 2 heteroatoms. The van der Waals surface area contributed by atoms with E-state index in [0.29, 0.717) is 17.9 Å². The second-order valence-electron chi connectivity index (χ2n) is 6.29. The molecule has 2 fully saturated rings. The van der Waals surface area contributed by atoms with Crippen LogP contribution in [0.25, 0.3) is 0 Å². The molecule has 0 spiro atoms. The number of ether oxygens (including phenoxy) is 1. The molecule has 0 aromatic rings. The SMILES string of the molecule is CCC1OCCC1C(O)C1CCC(C)C(C)C1. The van der Waals surface area contributed by atoms with Gasteiger partial charge in [-0.1, -0.05) is 27.2 Å². The second-order valence-corrected chi connectivity index (χ2v) is 6.29. The van der Waals surface area contributed by atoms with E-state index in [1.54, 1.807) is 0 Å². The van der Waals surface area contributed by atoms with Crippen molar-refractivity contribution in [2.45, 2.75) is 65.1 Å². The lowest BCUT2D eigenvalue weighted by Crippen LogP contribution is -2.37. The molecule has 2 nitrogen and oxygen atoms in total. The Hall–Kier alpha value is -0.0800. The van der Waals surface area contributed by atoms with Crippen LogP contribution in [0.5, 0.6) is 0 Å². The highest BCUT2D eigenvalue weighted by Gasteiger charge is 2.38. The Morgan fingerprint density at radius 3 is 2.59 bits per heavy atom. The maximum absolute atomic E-state index is 10.6. The Morgan fingerprint density at radius 2 is 1.94 bits per heavy atom. The highest BCUT2D eigenvalue weighted by molar-refractivity contribution is 4.88. The maximum atomic E-state index is 10.6. The molecule has 2 aliphatic rings. The first kappa shape index (κ1) is 13.4. The van der Waals surface area contributed by atoms with Crippen molar-refractivity contribution in [3.8, 4) is 0 Å². The molecule has 6 unspecified atom stereocenters. The number of aliphatic hydroxyl groups excluding tert-OH is 1. The summed E-state index contributed by atoms with van der Waals surface area (Å²) in [5, 5.41) is 10.6. The fourth-order valence-corrected chi connectivity index (χ4v) is 3.73. The van der Waals surface area contributed by atoms with Gasteiger partial charge in [0.2, 0.25) is 0 Å². The number of aliphatic hydroxyl groups is 1. The van der Waals surface area contributed by atoms with Crippen LogP contribution in [0.2, 0.25) is 0 Å². The van der Waals surface area contributed by atoms with Crippen molar-refractivity contribution in [1.29, 1.82) is 0 Å². The van der Waals surface area contributed by atoms with E-state index in [1.807, 2.05) is 0 Å². The molecule has 1 aliphatic heterocycles. The van der Waals surface area contributed by atoms with Gasteiger partial charge in [0.15, 0.2) is 0 Å². The summed E-state index contributed by atoms with van der Waals surface area (Å²) >= 11 is 0. The summed E-state index contributed by atoms with van der Waals surface area (Å²) in [7, 11) is 0. The van der Waals surface area contributed by atoms with Crippen LogP contribution in [-0.2, 0) is 4.74 Å². The summed E-state index contributed by atoms with van der Waals surface area (Å²) in [6.07, 6.45) is 5.97. The average Bonchev–Trinajstić information content (AvgIpc) is 2.80. The standard InChI is InChI=1S/C15H28O2/c1-4-14-13(7-8-17-14)15(16)12-6-5-10(2)11(3)9-12/h10-16H,4-9H2,1-3H3. The summed E-state index contributed by atoms with van der Waals surface area (Å²) in [6.45, 7) is 7.70. The Kier molecular flexibility index (Phi) is 4.48. The minimum Gasteiger partial charge on any atom is -0.392 e. The molecule has 6 atom stereocenters. The molecule has 1 aliphatic carbocycles. The molecule has 17 heavy (non-hydrogen) atoms. The Bertz CT molecular complexity index is 241. The van der Waals surface area contributed by atoms with Crippen LogP contribution in [0.4, 0.5) is 0 Å². The van der Waals surface area contributed by atoms with E-state index in [0.717, 1.165) is 31.3 Å². The molecule has 0 bridgehead atoms. The van der Waals surface area contributed by atoms with Gasteiger partial charge in [-0.25, -0.2) is 0 Å². The van der Waals surface area contributed by atoms with E-state index in [9.17, 15) is 5.11 Å². The zero-order valence-electron chi connectivity index (χ0n) is 11.6. The molecule has 1 saturated carbocycles. The van der Waals surface area contributed by atoms with Gasteiger partial charge in [0, 0.05) is 12.5 Å². The van der Waals surface area contributed by atoms with Gasteiger partial charge in [0.25, 0.3) is 0 Å². The van der Waals surface area contributed by atoms with Crippen molar-refractivity contribution in [3.63, 3.8) is 0 Å². The van der Waals surface area contributed by atoms with Crippen LogP contribution in [0, 0.1) is 23.7 Å². The quantitative estimate of drug-likeness (QED) is 0.820. The van der Waals surface area contributed by atoms with Gasteiger partial charge in [0.05, 0.1) is 12.2 Å². The largest absolute Gasteiger partial charge is 0.392 e. The lowest BCUT2D eigenvalue weighted by Gasteiger charge is -2.37. The number of hydrogen-bond donors (Lipinski definition) is 1. The number of rotatable bonds is 3. The van der Waals surface area contributed by atoms with Gasteiger partial charge in [0.1, 0.15) is 0 Å². The van der Waals surface area contributed by atoms with E-state index < -0.39 is 0 Å². The van der Waals surface area contributed by atoms with E-state index in [4.69, 9.17) is 4.74 Å². The maximum Gasteiger partial charge on any atom is 0.0626 e. The summed E-state index contributed by atoms with van der Waals surface area (Å²) < 4.78 is 5.71. The number of hydrogen-bond acceptors (Lipinski definition) is 2. The second kappa shape index (κ2) is 5.71. The summed E-state index contributed by atoms with van der Waals surface area (Å²) in [5.74, 6) is 2.51. The zero-order chi connectivity index (χ0) is 12.4. The van der Waals surface area contributed by atoms with Gasteiger partial charge in [-0.05, 0) is 43.4 Å². The van der Waals surface area contributed by atoms with Crippen molar-refractivity contribution in [2.24, 2.45) is 23.7 Å². The lowest BCUT2D eigenvalue weighted by molar-refractivity contribution is -0.0184. The van der Waals surface area contributed by atoms with E-state index in [1.165, 1.54) is 19.3 Å². The van der Waals surface area contributed by atoms with Gasteiger partial charge in [-0.2, -0.15) is 0 Å². The third kappa shape index (κ3) is 2.85. The molecule has 1 saturated heterocycles. The van der Waals surface area contributed by atoms with Crippen molar-refractivity contribution in [2.75, 3.05) is 6.61 Å². The predicted molar refractivity (Wildman–Crippen MR) is 69.8 cm³/mol. The topological polar surface area (TPSA) is 29.5 Å². The normalized spacial score (nSPS) is 44.8. The first-order chi connectivity index (χ1) is 8.13. The molecular formula is C15H28O2. The van der Waals surface area contributed by atoms with Gasteiger partial charge < -0.3 is 9.84 Å². The van der Waals surface area contributed by atoms with Crippen molar-refractivity contribution in [1.82, 2.24) is 0 Å². The molecular weight excluding hydrogens is 212 g/mol. The Labute approximate surface area is 106 Å². The first-order valence-corrected chi connectivity index (χ1v) is 7.43. The monoisotopic (exact) mass is 240 g/mol. The van der Waals surface area contributed by atoms with Crippen LogP contribution < -0.4 is 0 Å². The Balaban J connectivity index is 1.93. The molecule has 1 heterocycles. The van der Waals surface area contributed by atoms with Crippen LogP contribution in [0.15, 0.2) is 0 Å². The molecule has 1 N–H and O–H groups in total. The van der Waals surface area contributed by atoms with Crippen LogP contribution in [0.3, 0.4) is 0 Å². The van der Waals surface area contributed by atoms with E-state index >= 15 is 0 Å². The molecule has 0 aromatic carbocycles. The highest BCUT2D eigenvalue weighted by atomic mass is 16.5. The smallest absolute Gasteiger partial charge is 0.0626 e. The summed E-state index contributed by atoms with van der Waals surface area (Å²) in [4.78, 5) is 0. The van der Waals surface area contributed by atoms with Crippen LogP contribution >= 0.6 is 0 Å². The van der Waals surface area contributed by atoms with Crippen molar-refractivity contribution in [3.05, 3.63) is 0 Å².